The minimum atomic E-state index is -1.18. The summed E-state index contributed by atoms with van der Waals surface area (Å²) in [7, 11) is 0. The normalized spacial score (nSPS) is 59.0. The quantitative estimate of drug-likeness (QED) is 0.406. The molecule has 0 radical (unpaired) electrons. The fourth-order valence-corrected chi connectivity index (χ4v) is 1.61. The summed E-state index contributed by atoms with van der Waals surface area (Å²) < 4.78 is 10.2. The molecule has 5 nitrogen and oxygen atoms in total. The molecule has 2 rings (SSSR count). The van der Waals surface area contributed by atoms with Crippen LogP contribution in [0.25, 0.3) is 0 Å². The van der Waals surface area contributed by atoms with Crippen molar-refractivity contribution in [1.29, 1.82) is 0 Å². The minimum absolute atomic E-state index is 0.201. The number of aliphatic hydroxyl groups is 3. The lowest BCUT2D eigenvalue weighted by Crippen LogP contribution is -2.59. The van der Waals surface area contributed by atoms with Gasteiger partial charge in [-0.3, -0.25) is 0 Å². The Balaban J connectivity index is 2.25. The second kappa shape index (κ2) is 2.40. The average molecular weight is 176 g/mol. The SMILES string of the molecule is CC12COC(O1)C(O)C(O)C2O. The molecule has 0 aromatic carbocycles. The van der Waals surface area contributed by atoms with Crippen molar-refractivity contribution in [3.05, 3.63) is 0 Å². The maximum absolute atomic E-state index is 9.48. The van der Waals surface area contributed by atoms with E-state index in [1.807, 2.05) is 0 Å². The van der Waals surface area contributed by atoms with Crippen LogP contribution in [0.2, 0.25) is 0 Å². The molecule has 12 heavy (non-hydrogen) atoms. The van der Waals surface area contributed by atoms with E-state index in [9.17, 15) is 15.3 Å². The van der Waals surface area contributed by atoms with E-state index in [-0.39, 0.29) is 6.61 Å². The molecule has 0 saturated carbocycles. The van der Waals surface area contributed by atoms with E-state index in [0.717, 1.165) is 0 Å². The Morgan fingerprint density at radius 1 is 1.25 bits per heavy atom. The van der Waals surface area contributed by atoms with Crippen LogP contribution in [0.1, 0.15) is 6.92 Å². The van der Waals surface area contributed by atoms with Crippen LogP contribution < -0.4 is 0 Å². The molecule has 3 N–H and O–H groups in total. The maximum Gasteiger partial charge on any atom is 0.187 e. The summed E-state index contributed by atoms with van der Waals surface area (Å²) in [6, 6.07) is 0. The number of rotatable bonds is 0. The van der Waals surface area contributed by atoms with Gasteiger partial charge in [-0.05, 0) is 6.92 Å². The molecule has 2 heterocycles. The lowest BCUT2D eigenvalue weighted by atomic mass is 9.91. The first kappa shape index (κ1) is 8.40. The van der Waals surface area contributed by atoms with Crippen molar-refractivity contribution in [2.45, 2.75) is 37.1 Å². The number of ether oxygens (including phenoxy) is 2. The molecule has 2 saturated heterocycles. The van der Waals surface area contributed by atoms with Crippen molar-refractivity contribution in [1.82, 2.24) is 0 Å². The van der Waals surface area contributed by atoms with Gasteiger partial charge in [0.25, 0.3) is 0 Å². The van der Waals surface area contributed by atoms with Gasteiger partial charge < -0.3 is 24.8 Å². The topological polar surface area (TPSA) is 79.2 Å². The second-order valence-electron chi connectivity index (χ2n) is 3.54. The summed E-state index contributed by atoms with van der Waals surface area (Å²) >= 11 is 0. The maximum atomic E-state index is 9.48. The fourth-order valence-electron chi connectivity index (χ4n) is 1.61. The van der Waals surface area contributed by atoms with Crippen LogP contribution in [0.5, 0.6) is 0 Å². The summed E-state index contributed by atoms with van der Waals surface area (Å²) in [5, 5.41) is 28.1. The average Bonchev–Trinajstić information content (AvgIpc) is 2.41. The van der Waals surface area contributed by atoms with Gasteiger partial charge in [-0.2, -0.15) is 0 Å². The highest BCUT2D eigenvalue weighted by molar-refractivity contribution is 5.00. The Bertz CT molecular complexity index is 196. The van der Waals surface area contributed by atoms with E-state index >= 15 is 0 Å². The molecule has 0 amide bonds. The van der Waals surface area contributed by atoms with E-state index < -0.39 is 30.2 Å². The van der Waals surface area contributed by atoms with Crippen LogP contribution in [0.4, 0.5) is 0 Å². The van der Waals surface area contributed by atoms with E-state index in [0.29, 0.717) is 0 Å². The molecule has 5 unspecified atom stereocenters. The molecule has 0 spiro atoms. The Morgan fingerprint density at radius 3 is 2.58 bits per heavy atom. The first-order valence-electron chi connectivity index (χ1n) is 3.88. The fraction of sp³-hybridized carbons (Fsp3) is 1.00. The van der Waals surface area contributed by atoms with Crippen LogP contribution in [0.3, 0.4) is 0 Å². The number of fused-ring (bicyclic) bond motifs is 2. The molecule has 0 aromatic heterocycles. The van der Waals surface area contributed by atoms with Crippen LogP contribution >= 0.6 is 0 Å². The molecule has 2 aliphatic rings. The van der Waals surface area contributed by atoms with Crippen molar-refractivity contribution in [2.24, 2.45) is 0 Å². The van der Waals surface area contributed by atoms with Crippen LogP contribution in [-0.4, -0.2) is 52.1 Å². The van der Waals surface area contributed by atoms with Gasteiger partial charge in [0.05, 0.1) is 6.61 Å². The van der Waals surface area contributed by atoms with E-state index in [2.05, 4.69) is 0 Å². The molecule has 2 fully saturated rings. The van der Waals surface area contributed by atoms with Crippen LogP contribution in [0.15, 0.2) is 0 Å². The van der Waals surface area contributed by atoms with E-state index in [4.69, 9.17) is 9.47 Å². The zero-order valence-corrected chi connectivity index (χ0v) is 6.67. The monoisotopic (exact) mass is 176 g/mol. The summed E-state index contributed by atoms with van der Waals surface area (Å²) in [5.74, 6) is 0. The highest BCUT2D eigenvalue weighted by Crippen LogP contribution is 2.36. The molecule has 2 aliphatic heterocycles. The minimum Gasteiger partial charge on any atom is -0.387 e. The number of aliphatic hydroxyl groups excluding tert-OH is 3. The Labute approximate surface area is 69.5 Å². The standard InChI is InChI=1S/C7H12O5/c1-7-2-11-6(12-7)4(9)3(8)5(7)10/h3-6,8-10H,2H2,1H3. The molecule has 0 aliphatic carbocycles. The summed E-state index contributed by atoms with van der Waals surface area (Å²) in [4.78, 5) is 0. The van der Waals surface area contributed by atoms with Gasteiger partial charge in [0, 0.05) is 0 Å². The third-order valence-electron chi connectivity index (χ3n) is 2.50. The molecule has 70 valence electrons. The molecular weight excluding hydrogens is 164 g/mol. The van der Waals surface area contributed by atoms with E-state index in [1.54, 1.807) is 6.92 Å². The lowest BCUT2D eigenvalue weighted by Gasteiger charge is -2.38. The van der Waals surface area contributed by atoms with Gasteiger partial charge in [0.1, 0.15) is 23.9 Å². The van der Waals surface area contributed by atoms with Crippen molar-refractivity contribution in [3.63, 3.8) is 0 Å². The summed E-state index contributed by atoms with van der Waals surface area (Å²) in [6.07, 6.45) is -4.23. The predicted molar refractivity (Wildman–Crippen MR) is 37.3 cm³/mol. The third-order valence-corrected chi connectivity index (χ3v) is 2.50. The van der Waals surface area contributed by atoms with Gasteiger partial charge in [0.2, 0.25) is 0 Å². The smallest absolute Gasteiger partial charge is 0.187 e. The first-order chi connectivity index (χ1) is 5.54. The molecule has 5 heteroatoms. The third kappa shape index (κ3) is 0.915. The Morgan fingerprint density at radius 2 is 1.92 bits per heavy atom. The van der Waals surface area contributed by atoms with E-state index in [1.165, 1.54) is 0 Å². The lowest BCUT2D eigenvalue weighted by molar-refractivity contribution is -0.254. The predicted octanol–water partition coefficient (Wildman–Crippen LogP) is -1.79. The van der Waals surface area contributed by atoms with Gasteiger partial charge in [-0.25, -0.2) is 0 Å². The molecular formula is C7H12O5. The highest BCUT2D eigenvalue weighted by Gasteiger charge is 2.56. The molecule has 5 atom stereocenters. The van der Waals surface area contributed by atoms with Gasteiger partial charge >= 0.3 is 0 Å². The van der Waals surface area contributed by atoms with Crippen molar-refractivity contribution in [3.8, 4) is 0 Å². The van der Waals surface area contributed by atoms with Crippen LogP contribution in [0, 0.1) is 0 Å². The van der Waals surface area contributed by atoms with Gasteiger partial charge in [0.15, 0.2) is 6.29 Å². The summed E-state index contributed by atoms with van der Waals surface area (Å²) in [6.45, 7) is 1.85. The summed E-state index contributed by atoms with van der Waals surface area (Å²) in [5.41, 5.74) is -0.872. The van der Waals surface area contributed by atoms with Crippen molar-refractivity contribution < 1.29 is 24.8 Å². The number of hydrogen-bond acceptors (Lipinski definition) is 5. The van der Waals surface area contributed by atoms with Gasteiger partial charge in [-0.1, -0.05) is 0 Å². The largest absolute Gasteiger partial charge is 0.387 e. The Kier molecular flexibility index (Phi) is 1.68. The second-order valence-corrected chi connectivity index (χ2v) is 3.54. The molecule has 0 aromatic rings. The number of hydrogen-bond donors (Lipinski definition) is 3. The first-order valence-corrected chi connectivity index (χ1v) is 3.88. The molecule has 2 bridgehead atoms. The zero-order valence-electron chi connectivity index (χ0n) is 6.67. The van der Waals surface area contributed by atoms with Crippen LogP contribution in [-0.2, 0) is 9.47 Å². The van der Waals surface area contributed by atoms with Crippen molar-refractivity contribution >= 4 is 0 Å². The zero-order chi connectivity index (χ0) is 8.93. The van der Waals surface area contributed by atoms with Crippen molar-refractivity contribution in [2.75, 3.05) is 6.61 Å². The highest BCUT2D eigenvalue weighted by atomic mass is 16.8. The van der Waals surface area contributed by atoms with Gasteiger partial charge in [-0.15, -0.1) is 0 Å². The Hall–Kier alpha value is -0.200.